The number of terminal acetylenes is 1. The van der Waals surface area contributed by atoms with Crippen LogP contribution in [0.5, 0.6) is 0 Å². The van der Waals surface area contributed by atoms with Gasteiger partial charge in [0.1, 0.15) is 0 Å². The summed E-state index contributed by atoms with van der Waals surface area (Å²) in [5.41, 5.74) is 0. The van der Waals surface area contributed by atoms with Crippen LogP contribution in [0.4, 0.5) is 0 Å². The Morgan fingerprint density at radius 3 is 1.43 bits per heavy atom. The summed E-state index contributed by atoms with van der Waals surface area (Å²) in [7, 11) is 11.9. The van der Waals surface area contributed by atoms with Crippen molar-refractivity contribution in [2.45, 2.75) is 5.79 Å². The van der Waals surface area contributed by atoms with Crippen LogP contribution < -0.4 is 0 Å². The summed E-state index contributed by atoms with van der Waals surface area (Å²) in [5.74, 6) is 7.65. The number of hydrogen-bond acceptors (Lipinski definition) is 3. The molecular formula is C11H19N3. The van der Waals surface area contributed by atoms with E-state index in [0.29, 0.717) is 0 Å². The molecule has 0 fully saturated rings. The van der Waals surface area contributed by atoms with Gasteiger partial charge in [-0.15, -0.1) is 6.42 Å². The van der Waals surface area contributed by atoms with Gasteiger partial charge in [0.15, 0.2) is 5.79 Å². The van der Waals surface area contributed by atoms with Crippen LogP contribution in [0.2, 0.25) is 0 Å². The molecule has 0 bridgehead atoms. The van der Waals surface area contributed by atoms with E-state index in [0.717, 1.165) is 0 Å². The van der Waals surface area contributed by atoms with Crippen LogP contribution in [-0.4, -0.2) is 62.8 Å². The third-order valence-corrected chi connectivity index (χ3v) is 2.17. The van der Waals surface area contributed by atoms with Gasteiger partial charge in [-0.25, -0.2) is 0 Å². The van der Waals surface area contributed by atoms with Crippen LogP contribution in [0.1, 0.15) is 0 Å². The van der Waals surface area contributed by atoms with E-state index in [2.05, 4.69) is 17.8 Å². The highest BCUT2D eigenvalue weighted by Crippen LogP contribution is 2.16. The second-order valence-electron chi connectivity index (χ2n) is 3.71. The molecule has 0 atom stereocenters. The normalized spacial score (nSPS) is 11.4. The summed E-state index contributed by atoms with van der Waals surface area (Å²) in [6.07, 6.45) is 5.16. The van der Waals surface area contributed by atoms with E-state index in [1.807, 2.05) is 57.0 Å². The summed E-state index contributed by atoms with van der Waals surface area (Å²) >= 11 is 0. The molecule has 78 valence electrons. The zero-order valence-corrected chi connectivity index (χ0v) is 9.92. The minimum atomic E-state index is -0.452. The molecule has 0 spiro atoms. The topological polar surface area (TPSA) is 9.72 Å². The predicted molar refractivity (Wildman–Crippen MR) is 60.4 cm³/mol. The number of hydrogen-bond donors (Lipinski definition) is 0. The lowest BCUT2D eigenvalue weighted by Crippen LogP contribution is -2.63. The fourth-order valence-corrected chi connectivity index (χ4v) is 1.66. The Hall–Kier alpha value is -1.00. The summed E-state index contributed by atoms with van der Waals surface area (Å²) < 4.78 is 0. The first-order chi connectivity index (χ1) is 6.39. The van der Waals surface area contributed by atoms with E-state index in [1.54, 1.807) is 0 Å². The highest BCUT2D eigenvalue weighted by Gasteiger charge is 2.35. The van der Waals surface area contributed by atoms with E-state index < -0.39 is 5.79 Å². The molecule has 0 saturated carbocycles. The van der Waals surface area contributed by atoms with E-state index in [-0.39, 0.29) is 0 Å². The minimum Gasteiger partial charge on any atom is -0.268 e. The molecule has 0 N–H and O–H groups in total. The third kappa shape index (κ3) is 2.27. The minimum absolute atomic E-state index is 0.452. The Balaban J connectivity index is 5.30. The van der Waals surface area contributed by atoms with Crippen molar-refractivity contribution in [3.8, 4) is 24.2 Å². The molecule has 14 heavy (non-hydrogen) atoms. The van der Waals surface area contributed by atoms with Gasteiger partial charge in [0, 0.05) is 0 Å². The van der Waals surface area contributed by atoms with Crippen molar-refractivity contribution in [1.29, 1.82) is 0 Å². The lowest BCUT2D eigenvalue weighted by molar-refractivity contribution is -0.0569. The van der Waals surface area contributed by atoms with Gasteiger partial charge in [-0.05, 0) is 60.0 Å². The zero-order valence-electron chi connectivity index (χ0n) is 9.92. The van der Waals surface area contributed by atoms with Gasteiger partial charge < -0.3 is 0 Å². The average Bonchev–Trinajstić information content (AvgIpc) is 2.03. The first-order valence-corrected chi connectivity index (χ1v) is 4.39. The van der Waals surface area contributed by atoms with Gasteiger partial charge in [-0.2, -0.15) is 0 Å². The molecule has 0 aliphatic rings. The molecule has 0 aliphatic carbocycles. The molecule has 0 radical (unpaired) electrons. The molecule has 3 heteroatoms. The molecule has 0 aromatic carbocycles. The van der Waals surface area contributed by atoms with Crippen molar-refractivity contribution in [1.82, 2.24) is 14.7 Å². The van der Waals surface area contributed by atoms with Crippen molar-refractivity contribution in [3.63, 3.8) is 0 Å². The molecule has 0 saturated heterocycles. The van der Waals surface area contributed by atoms with Crippen LogP contribution >= 0.6 is 0 Å². The maximum absolute atomic E-state index is 5.16. The molecule has 0 heterocycles. The average molecular weight is 193 g/mol. The highest BCUT2D eigenvalue weighted by molar-refractivity contribution is 5.27. The van der Waals surface area contributed by atoms with Gasteiger partial charge in [0.05, 0.1) is 0 Å². The quantitative estimate of drug-likeness (QED) is 0.460. The van der Waals surface area contributed by atoms with E-state index in [1.165, 1.54) is 0 Å². The van der Waals surface area contributed by atoms with Crippen LogP contribution in [-0.2, 0) is 0 Å². The number of rotatable bonds is 3. The van der Waals surface area contributed by atoms with Crippen molar-refractivity contribution < 1.29 is 0 Å². The highest BCUT2D eigenvalue weighted by atomic mass is 15.5. The molecular weight excluding hydrogens is 174 g/mol. The van der Waals surface area contributed by atoms with Crippen LogP contribution in [0.15, 0.2) is 0 Å². The largest absolute Gasteiger partial charge is 0.268 e. The molecule has 0 amide bonds. The number of nitrogens with zero attached hydrogens (tertiary/aromatic N) is 3. The first-order valence-electron chi connectivity index (χ1n) is 4.39. The lowest BCUT2D eigenvalue weighted by Gasteiger charge is -2.45. The monoisotopic (exact) mass is 193 g/mol. The smallest absolute Gasteiger partial charge is 0.195 e. The molecule has 0 aromatic rings. The fourth-order valence-electron chi connectivity index (χ4n) is 1.66. The SMILES string of the molecule is C#CC#CC(N(C)C)(N(C)C)N(C)C. The Morgan fingerprint density at radius 1 is 0.857 bits per heavy atom. The van der Waals surface area contributed by atoms with Crippen LogP contribution in [0.3, 0.4) is 0 Å². The second kappa shape index (κ2) is 5.02. The van der Waals surface area contributed by atoms with Gasteiger partial charge in [0.25, 0.3) is 0 Å². The first kappa shape index (κ1) is 13.0. The predicted octanol–water partition coefficient (Wildman–Crippen LogP) is -0.0384. The second-order valence-corrected chi connectivity index (χ2v) is 3.71. The van der Waals surface area contributed by atoms with Crippen LogP contribution in [0, 0.1) is 24.2 Å². The van der Waals surface area contributed by atoms with Crippen LogP contribution in [0.25, 0.3) is 0 Å². The van der Waals surface area contributed by atoms with Gasteiger partial charge in [-0.1, -0.05) is 0 Å². The maximum atomic E-state index is 5.16. The lowest BCUT2D eigenvalue weighted by atomic mass is 10.2. The summed E-state index contributed by atoms with van der Waals surface area (Å²) in [6, 6.07) is 0. The van der Waals surface area contributed by atoms with Gasteiger partial charge in [-0.3, -0.25) is 14.7 Å². The van der Waals surface area contributed by atoms with E-state index in [4.69, 9.17) is 6.42 Å². The summed E-state index contributed by atoms with van der Waals surface area (Å²) in [5, 5.41) is 0. The molecule has 0 aliphatic heterocycles. The third-order valence-electron chi connectivity index (χ3n) is 2.17. The van der Waals surface area contributed by atoms with Crippen molar-refractivity contribution in [3.05, 3.63) is 0 Å². The summed E-state index contributed by atoms with van der Waals surface area (Å²) in [4.78, 5) is 6.08. The molecule has 0 unspecified atom stereocenters. The maximum Gasteiger partial charge on any atom is 0.195 e. The molecule has 0 aromatic heterocycles. The summed E-state index contributed by atoms with van der Waals surface area (Å²) in [6.45, 7) is 0. The van der Waals surface area contributed by atoms with Gasteiger partial charge in [0.2, 0.25) is 0 Å². The Morgan fingerprint density at radius 2 is 1.21 bits per heavy atom. The Bertz CT molecular complexity index is 251. The Labute approximate surface area is 87.7 Å². The molecule has 0 rings (SSSR count). The van der Waals surface area contributed by atoms with Crippen molar-refractivity contribution in [2.75, 3.05) is 42.3 Å². The molecule has 3 nitrogen and oxygen atoms in total. The van der Waals surface area contributed by atoms with Gasteiger partial charge >= 0.3 is 0 Å². The Kier molecular flexibility index (Phi) is 4.67. The van der Waals surface area contributed by atoms with E-state index in [9.17, 15) is 0 Å². The fraction of sp³-hybridized carbons (Fsp3) is 0.636. The van der Waals surface area contributed by atoms with Crippen molar-refractivity contribution >= 4 is 0 Å². The zero-order chi connectivity index (χ0) is 11.4. The van der Waals surface area contributed by atoms with E-state index >= 15 is 0 Å². The standard InChI is InChI=1S/C11H19N3/c1-8-9-10-11(12(2)3,13(4)5)14(6)7/h1H,2-7H3. The van der Waals surface area contributed by atoms with Crippen molar-refractivity contribution in [2.24, 2.45) is 0 Å².